The summed E-state index contributed by atoms with van der Waals surface area (Å²) in [7, 11) is 0. The molecule has 2 aromatic carbocycles. The van der Waals surface area contributed by atoms with Crippen molar-refractivity contribution in [1.29, 1.82) is 0 Å². The number of allylic oxidation sites excluding steroid dienone is 3. The molecule has 2 aliphatic carbocycles. The lowest BCUT2D eigenvalue weighted by atomic mass is 9.91. The standard InChI is InChI=1S/C30H37N/c1-22(8-9-23-5-2-3-6-23)24-10-12-25(13-11-24)26-14-16-27(17-15-26)28-18-19-29(21-28)30-7-4-20-31-30/h8-17,23,28-31H,1-7,18-21H2/t28?,29?,30-/m0/s1. The molecule has 31 heavy (non-hydrogen) atoms. The van der Waals surface area contributed by atoms with E-state index in [0.29, 0.717) is 0 Å². The fourth-order valence-electron chi connectivity index (χ4n) is 6.12. The van der Waals surface area contributed by atoms with Crippen molar-refractivity contribution in [1.82, 2.24) is 5.32 Å². The molecule has 5 rings (SSSR count). The van der Waals surface area contributed by atoms with Crippen LogP contribution in [0.15, 0.2) is 67.3 Å². The first-order valence-electron chi connectivity index (χ1n) is 12.6. The Morgan fingerprint density at radius 1 is 0.806 bits per heavy atom. The van der Waals surface area contributed by atoms with Crippen molar-refractivity contribution in [3.8, 4) is 11.1 Å². The van der Waals surface area contributed by atoms with Crippen LogP contribution in [0.2, 0.25) is 0 Å². The minimum atomic E-state index is 0.749. The van der Waals surface area contributed by atoms with Crippen LogP contribution in [0.1, 0.15) is 74.8 Å². The van der Waals surface area contributed by atoms with Gasteiger partial charge < -0.3 is 5.32 Å². The molecule has 0 bridgehead atoms. The lowest BCUT2D eigenvalue weighted by Crippen LogP contribution is -2.28. The van der Waals surface area contributed by atoms with Gasteiger partial charge in [-0.2, -0.15) is 0 Å². The number of hydrogen-bond donors (Lipinski definition) is 1. The molecule has 0 amide bonds. The van der Waals surface area contributed by atoms with Crippen molar-refractivity contribution in [3.05, 3.63) is 78.4 Å². The van der Waals surface area contributed by atoms with E-state index in [4.69, 9.17) is 0 Å². The average molecular weight is 412 g/mol. The lowest BCUT2D eigenvalue weighted by molar-refractivity contribution is 0.394. The van der Waals surface area contributed by atoms with E-state index in [-0.39, 0.29) is 0 Å². The molecule has 0 radical (unpaired) electrons. The smallest absolute Gasteiger partial charge is 0.00960 e. The Balaban J connectivity index is 1.20. The summed E-state index contributed by atoms with van der Waals surface area (Å²) in [5.41, 5.74) is 6.50. The van der Waals surface area contributed by atoms with Crippen LogP contribution in [0.3, 0.4) is 0 Å². The fraction of sp³-hybridized carbons (Fsp3) is 0.467. The highest BCUT2D eigenvalue weighted by molar-refractivity contribution is 5.74. The van der Waals surface area contributed by atoms with Crippen LogP contribution in [0.25, 0.3) is 16.7 Å². The van der Waals surface area contributed by atoms with Crippen LogP contribution in [-0.4, -0.2) is 12.6 Å². The zero-order valence-electron chi connectivity index (χ0n) is 18.9. The third-order valence-electron chi connectivity index (χ3n) is 8.08. The number of nitrogens with one attached hydrogen (secondary N) is 1. The van der Waals surface area contributed by atoms with E-state index < -0.39 is 0 Å². The van der Waals surface area contributed by atoms with E-state index in [1.165, 1.54) is 86.6 Å². The Bertz CT molecular complexity index is 892. The molecule has 0 aromatic heterocycles. The van der Waals surface area contributed by atoms with Crippen molar-refractivity contribution in [2.75, 3.05) is 6.54 Å². The van der Waals surface area contributed by atoms with Gasteiger partial charge in [0, 0.05) is 6.04 Å². The summed E-state index contributed by atoms with van der Waals surface area (Å²) in [5.74, 6) is 2.40. The normalized spacial score (nSPS) is 26.8. The van der Waals surface area contributed by atoms with Crippen LogP contribution < -0.4 is 5.32 Å². The van der Waals surface area contributed by atoms with E-state index in [1.807, 2.05) is 0 Å². The first kappa shape index (κ1) is 20.8. The topological polar surface area (TPSA) is 12.0 Å². The van der Waals surface area contributed by atoms with Gasteiger partial charge in [0.25, 0.3) is 0 Å². The maximum atomic E-state index is 4.29. The summed E-state index contributed by atoms with van der Waals surface area (Å²) < 4.78 is 0. The first-order valence-corrected chi connectivity index (χ1v) is 12.6. The van der Waals surface area contributed by atoms with E-state index >= 15 is 0 Å². The van der Waals surface area contributed by atoms with Gasteiger partial charge in [-0.15, -0.1) is 0 Å². The van der Waals surface area contributed by atoms with Crippen molar-refractivity contribution in [2.24, 2.45) is 11.8 Å². The minimum Gasteiger partial charge on any atom is -0.314 e. The highest BCUT2D eigenvalue weighted by Crippen LogP contribution is 2.41. The number of hydrogen-bond acceptors (Lipinski definition) is 1. The maximum absolute atomic E-state index is 4.29. The van der Waals surface area contributed by atoms with E-state index in [9.17, 15) is 0 Å². The zero-order valence-corrected chi connectivity index (χ0v) is 18.9. The molecule has 1 aliphatic heterocycles. The van der Waals surface area contributed by atoms with E-state index in [2.05, 4.69) is 72.6 Å². The fourth-order valence-corrected chi connectivity index (χ4v) is 6.12. The van der Waals surface area contributed by atoms with Crippen molar-refractivity contribution >= 4 is 5.57 Å². The Hall–Kier alpha value is -2.12. The summed E-state index contributed by atoms with van der Waals surface area (Å²) >= 11 is 0. The largest absolute Gasteiger partial charge is 0.314 e. The zero-order chi connectivity index (χ0) is 21.0. The van der Waals surface area contributed by atoms with Crippen molar-refractivity contribution < 1.29 is 0 Å². The van der Waals surface area contributed by atoms with Crippen LogP contribution in [-0.2, 0) is 0 Å². The summed E-state index contributed by atoms with van der Waals surface area (Å²) in [6.45, 7) is 5.51. The van der Waals surface area contributed by atoms with Crippen LogP contribution in [0.4, 0.5) is 0 Å². The van der Waals surface area contributed by atoms with Gasteiger partial charge in [0.05, 0.1) is 0 Å². The molecule has 1 nitrogen and oxygen atoms in total. The number of rotatable bonds is 6. The highest BCUT2D eigenvalue weighted by Gasteiger charge is 2.32. The summed E-state index contributed by atoms with van der Waals surface area (Å²) in [6, 6.07) is 19.1. The highest BCUT2D eigenvalue weighted by atomic mass is 14.9. The lowest BCUT2D eigenvalue weighted by Gasteiger charge is -2.19. The molecule has 3 fully saturated rings. The Morgan fingerprint density at radius 2 is 1.52 bits per heavy atom. The van der Waals surface area contributed by atoms with E-state index in [1.54, 1.807) is 0 Å². The molecule has 2 aromatic rings. The molecule has 2 unspecified atom stereocenters. The summed E-state index contributed by atoms with van der Waals surface area (Å²) in [5, 5.41) is 3.73. The van der Waals surface area contributed by atoms with Gasteiger partial charge in [0.2, 0.25) is 0 Å². The van der Waals surface area contributed by atoms with E-state index in [0.717, 1.165) is 29.4 Å². The van der Waals surface area contributed by atoms with Crippen LogP contribution >= 0.6 is 0 Å². The Morgan fingerprint density at radius 3 is 2.19 bits per heavy atom. The molecular formula is C30H37N. The summed E-state index contributed by atoms with van der Waals surface area (Å²) in [6.07, 6.45) is 16.9. The van der Waals surface area contributed by atoms with Gasteiger partial charge in [0.15, 0.2) is 0 Å². The van der Waals surface area contributed by atoms with Gasteiger partial charge in [0.1, 0.15) is 0 Å². The third kappa shape index (κ3) is 4.88. The van der Waals surface area contributed by atoms with Gasteiger partial charge >= 0.3 is 0 Å². The molecule has 3 atom stereocenters. The molecule has 162 valence electrons. The van der Waals surface area contributed by atoms with Gasteiger partial charge in [-0.3, -0.25) is 0 Å². The molecule has 2 saturated carbocycles. The third-order valence-corrected chi connectivity index (χ3v) is 8.08. The summed E-state index contributed by atoms with van der Waals surface area (Å²) in [4.78, 5) is 0. The molecular weight excluding hydrogens is 374 g/mol. The second kappa shape index (κ2) is 9.57. The second-order valence-corrected chi connectivity index (χ2v) is 10.1. The predicted octanol–water partition coefficient (Wildman–Crippen LogP) is 7.75. The molecule has 3 aliphatic rings. The van der Waals surface area contributed by atoms with Crippen molar-refractivity contribution in [3.63, 3.8) is 0 Å². The van der Waals surface area contributed by atoms with Crippen LogP contribution in [0.5, 0.6) is 0 Å². The molecule has 1 heteroatoms. The SMILES string of the molecule is C=C(C=CC1CCCC1)c1ccc(-c2ccc(C3CCC([C@@H]4CCCN4)C3)cc2)cc1. The Kier molecular flexibility index (Phi) is 6.41. The number of benzene rings is 2. The minimum absolute atomic E-state index is 0.749. The van der Waals surface area contributed by atoms with Crippen LogP contribution in [0, 0.1) is 11.8 Å². The quantitative estimate of drug-likeness (QED) is 0.479. The molecule has 1 heterocycles. The van der Waals surface area contributed by atoms with Gasteiger partial charge in [-0.25, -0.2) is 0 Å². The van der Waals surface area contributed by atoms with Gasteiger partial charge in [-0.05, 0) is 97.1 Å². The molecule has 0 spiro atoms. The first-order chi connectivity index (χ1) is 15.3. The molecule has 1 N–H and O–H groups in total. The van der Waals surface area contributed by atoms with Gasteiger partial charge in [-0.1, -0.05) is 80.1 Å². The second-order valence-electron chi connectivity index (χ2n) is 10.1. The monoisotopic (exact) mass is 411 g/mol. The average Bonchev–Trinajstić information content (AvgIpc) is 3.60. The van der Waals surface area contributed by atoms with Crippen molar-refractivity contribution in [2.45, 2.75) is 69.7 Å². The predicted molar refractivity (Wildman–Crippen MR) is 133 cm³/mol. The molecule has 1 saturated heterocycles. The Labute approximate surface area is 188 Å². The maximum Gasteiger partial charge on any atom is 0.00960 e.